The van der Waals surface area contributed by atoms with Crippen LogP contribution in [0.15, 0.2) is 84.9 Å². The topological polar surface area (TPSA) is 47.1 Å². The van der Waals surface area contributed by atoms with Gasteiger partial charge in [0.1, 0.15) is 5.82 Å². The van der Waals surface area contributed by atoms with Crippen LogP contribution in [0.5, 0.6) is 0 Å². The number of nitrogens with zero attached hydrogens (tertiary/aromatic N) is 3. The van der Waals surface area contributed by atoms with E-state index in [9.17, 15) is 13.2 Å². The van der Waals surface area contributed by atoms with Gasteiger partial charge < -0.3 is 10.6 Å². The molecule has 0 saturated carbocycles. The zero-order valence-electron chi connectivity index (χ0n) is 18.9. The van der Waals surface area contributed by atoms with Gasteiger partial charge in [-0.2, -0.15) is 18.3 Å². The predicted octanol–water partition coefficient (Wildman–Crippen LogP) is 7.33. The van der Waals surface area contributed by atoms with Crippen molar-refractivity contribution in [3.05, 3.63) is 95.6 Å². The van der Waals surface area contributed by atoms with Gasteiger partial charge in [-0.3, -0.25) is 0 Å². The Kier molecular flexibility index (Phi) is 8.23. The minimum atomic E-state index is -4.58. The number of hydrogen-bond donors (Lipinski definition) is 1. The first kappa shape index (κ1) is 25.2. The third kappa shape index (κ3) is 5.91. The number of nitrogens with two attached hydrogens (primary N) is 1. The molecule has 0 aliphatic carbocycles. The molecule has 34 heavy (non-hydrogen) atoms. The molecule has 0 unspecified atom stereocenters. The van der Waals surface area contributed by atoms with Crippen molar-refractivity contribution in [1.29, 1.82) is 0 Å². The number of rotatable bonds is 5. The van der Waals surface area contributed by atoms with E-state index in [4.69, 9.17) is 17.3 Å². The first-order valence-corrected chi connectivity index (χ1v) is 11.2. The fourth-order valence-corrected chi connectivity index (χ4v) is 3.73. The number of nitrogen functional groups attached to an aromatic ring is 1. The van der Waals surface area contributed by atoms with Crippen molar-refractivity contribution in [3.8, 4) is 16.8 Å². The molecule has 1 aromatic heterocycles. The summed E-state index contributed by atoms with van der Waals surface area (Å²) in [6, 6.07) is 24.7. The van der Waals surface area contributed by atoms with Gasteiger partial charge in [0.15, 0.2) is 5.69 Å². The van der Waals surface area contributed by atoms with Crippen LogP contribution < -0.4 is 10.6 Å². The molecule has 0 saturated heterocycles. The maximum Gasteiger partial charge on any atom is 0.435 e. The molecule has 1 heterocycles. The third-order valence-electron chi connectivity index (χ3n) is 5.19. The molecule has 178 valence electrons. The molecule has 0 bridgehead atoms. The molecular formula is C26H26ClF3N4. The number of anilines is 2. The first-order valence-electron chi connectivity index (χ1n) is 10.8. The number of para-hydroxylation sites is 1. The van der Waals surface area contributed by atoms with E-state index in [0.717, 1.165) is 22.8 Å². The minimum Gasteiger partial charge on any atom is -0.383 e. The number of benzene rings is 3. The molecule has 0 amide bonds. The summed E-state index contributed by atoms with van der Waals surface area (Å²) in [5, 5.41) is 4.50. The monoisotopic (exact) mass is 486 g/mol. The van der Waals surface area contributed by atoms with Crippen LogP contribution in [0.1, 0.15) is 19.5 Å². The van der Waals surface area contributed by atoms with Crippen LogP contribution in [-0.4, -0.2) is 22.9 Å². The van der Waals surface area contributed by atoms with E-state index in [-0.39, 0.29) is 11.4 Å². The van der Waals surface area contributed by atoms with Crippen LogP contribution in [0.25, 0.3) is 16.8 Å². The van der Waals surface area contributed by atoms with Crippen LogP contribution >= 0.6 is 11.6 Å². The van der Waals surface area contributed by atoms with Crippen molar-refractivity contribution in [1.82, 2.24) is 9.78 Å². The highest BCUT2D eigenvalue weighted by Gasteiger charge is 2.39. The predicted molar refractivity (Wildman–Crippen MR) is 133 cm³/mol. The Morgan fingerprint density at radius 3 is 2.00 bits per heavy atom. The summed E-state index contributed by atoms with van der Waals surface area (Å²) in [5.41, 5.74) is 6.94. The maximum absolute atomic E-state index is 13.3. The summed E-state index contributed by atoms with van der Waals surface area (Å²) < 4.78 is 41.1. The summed E-state index contributed by atoms with van der Waals surface area (Å²) >= 11 is 5.88. The second-order valence-electron chi connectivity index (χ2n) is 7.37. The first-order chi connectivity index (χ1) is 16.3. The van der Waals surface area contributed by atoms with Crippen LogP contribution in [0.2, 0.25) is 5.02 Å². The Labute approximate surface area is 202 Å². The highest BCUT2D eigenvalue weighted by molar-refractivity contribution is 6.30. The summed E-state index contributed by atoms with van der Waals surface area (Å²) in [6.45, 7) is 6.34. The number of alkyl halides is 3. The Morgan fingerprint density at radius 2 is 1.47 bits per heavy atom. The fraction of sp³-hybridized carbons (Fsp3) is 0.192. The van der Waals surface area contributed by atoms with Crippen LogP contribution in [0, 0.1) is 0 Å². The van der Waals surface area contributed by atoms with Gasteiger partial charge in [-0.05, 0) is 49.7 Å². The summed E-state index contributed by atoms with van der Waals surface area (Å²) in [7, 11) is 0. The molecule has 0 atom stereocenters. The lowest BCUT2D eigenvalue weighted by Gasteiger charge is -2.20. The zero-order valence-corrected chi connectivity index (χ0v) is 19.7. The van der Waals surface area contributed by atoms with Gasteiger partial charge in [0, 0.05) is 23.8 Å². The lowest BCUT2D eigenvalue weighted by Crippen LogP contribution is -2.21. The van der Waals surface area contributed by atoms with Crippen molar-refractivity contribution in [2.24, 2.45) is 0 Å². The third-order valence-corrected chi connectivity index (χ3v) is 5.42. The molecule has 4 rings (SSSR count). The van der Waals surface area contributed by atoms with E-state index in [1.807, 2.05) is 18.2 Å². The van der Waals surface area contributed by atoms with E-state index in [2.05, 4.69) is 29.9 Å². The van der Waals surface area contributed by atoms with Gasteiger partial charge in [0.05, 0.1) is 11.3 Å². The van der Waals surface area contributed by atoms with E-state index < -0.39 is 11.9 Å². The van der Waals surface area contributed by atoms with Gasteiger partial charge >= 0.3 is 6.18 Å². The summed E-state index contributed by atoms with van der Waals surface area (Å²) in [5.74, 6) is -0.0373. The average Bonchev–Trinajstić information content (AvgIpc) is 3.19. The normalized spacial score (nSPS) is 11.0. The lowest BCUT2D eigenvalue weighted by atomic mass is 10.1. The molecule has 8 heteroatoms. The molecule has 0 aliphatic rings. The van der Waals surface area contributed by atoms with Crippen LogP contribution in [-0.2, 0) is 6.18 Å². The SMILES string of the molecule is CCN(CC)c1cccc(Cl)c1.Nc1c(-c2ccccc2)c(C(F)(F)F)nn1-c1ccccc1. The average molecular weight is 487 g/mol. The Bertz CT molecular complexity index is 1190. The highest BCUT2D eigenvalue weighted by atomic mass is 35.5. The number of hydrogen-bond acceptors (Lipinski definition) is 3. The van der Waals surface area contributed by atoms with Gasteiger partial charge in [-0.25, -0.2) is 4.68 Å². The second-order valence-corrected chi connectivity index (χ2v) is 7.81. The Morgan fingerprint density at radius 1 is 0.882 bits per heavy atom. The number of aromatic nitrogens is 2. The molecule has 4 aromatic rings. The molecule has 4 nitrogen and oxygen atoms in total. The summed E-state index contributed by atoms with van der Waals surface area (Å²) in [6.07, 6.45) is -4.58. The van der Waals surface area contributed by atoms with Crippen molar-refractivity contribution in [2.75, 3.05) is 23.7 Å². The van der Waals surface area contributed by atoms with Crippen LogP contribution in [0.3, 0.4) is 0 Å². The quantitative estimate of drug-likeness (QED) is 0.321. The van der Waals surface area contributed by atoms with Gasteiger partial charge in [-0.15, -0.1) is 0 Å². The van der Waals surface area contributed by atoms with E-state index in [1.165, 1.54) is 5.69 Å². The lowest BCUT2D eigenvalue weighted by molar-refractivity contribution is -0.140. The molecular weight excluding hydrogens is 461 g/mol. The largest absolute Gasteiger partial charge is 0.435 e. The Hall–Kier alpha value is -3.45. The van der Waals surface area contributed by atoms with Crippen molar-refractivity contribution < 1.29 is 13.2 Å². The zero-order chi connectivity index (χ0) is 24.7. The smallest absolute Gasteiger partial charge is 0.383 e. The van der Waals surface area contributed by atoms with Gasteiger partial charge in [0.2, 0.25) is 0 Å². The Balaban J connectivity index is 0.000000229. The van der Waals surface area contributed by atoms with Crippen molar-refractivity contribution in [3.63, 3.8) is 0 Å². The molecule has 0 spiro atoms. The van der Waals surface area contributed by atoms with E-state index in [1.54, 1.807) is 60.7 Å². The minimum absolute atomic E-state index is 0.0373. The molecule has 0 radical (unpaired) electrons. The van der Waals surface area contributed by atoms with E-state index >= 15 is 0 Å². The molecule has 3 aromatic carbocycles. The standard InChI is InChI=1S/C16H12F3N3.C10H14ClN/c17-16(18,19)14-13(11-7-3-1-4-8-11)15(20)22(21-14)12-9-5-2-6-10-12;1-3-12(4-2)10-7-5-6-9(11)8-10/h1-10H,20H2;5-8H,3-4H2,1-2H3. The van der Waals surface area contributed by atoms with Gasteiger partial charge in [0.25, 0.3) is 0 Å². The van der Waals surface area contributed by atoms with Crippen molar-refractivity contribution in [2.45, 2.75) is 20.0 Å². The molecule has 0 fully saturated rings. The molecule has 2 N–H and O–H groups in total. The van der Waals surface area contributed by atoms with Gasteiger partial charge in [-0.1, -0.05) is 66.2 Å². The fourth-order valence-electron chi connectivity index (χ4n) is 3.55. The number of halogens is 4. The highest BCUT2D eigenvalue weighted by Crippen LogP contribution is 2.40. The van der Waals surface area contributed by atoms with Crippen LogP contribution in [0.4, 0.5) is 24.7 Å². The van der Waals surface area contributed by atoms with Crippen molar-refractivity contribution >= 4 is 23.1 Å². The maximum atomic E-state index is 13.3. The molecule has 0 aliphatic heterocycles. The second kappa shape index (κ2) is 11.1. The van der Waals surface area contributed by atoms with E-state index in [0.29, 0.717) is 11.3 Å². The summed E-state index contributed by atoms with van der Waals surface area (Å²) in [4.78, 5) is 2.27.